The summed E-state index contributed by atoms with van der Waals surface area (Å²) < 4.78 is 41.9. The van der Waals surface area contributed by atoms with Gasteiger partial charge in [0.05, 0.1) is 5.56 Å². The van der Waals surface area contributed by atoms with Gasteiger partial charge in [0.2, 0.25) is 0 Å². The van der Waals surface area contributed by atoms with Crippen LogP contribution in [0.4, 0.5) is 13.2 Å². The van der Waals surface area contributed by atoms with E-state index in [1.165, 1.54) is 25.2 Å². The van der Waals surface area contributed by atoms with Crippen LogP contribution in [0.2, 0.25) is 0 Å². The highest BCUT2D eigenvalue weighted by molar-refractivity contribution is 5.84. The molecule has 0 saturated carbocycles. The molecule has 2 rings (SSSR count). The van der Waals surface area contributed by atoms with Crippen molar-refractivity contribution in [3.8, 4) is 17.1 Å². The van der Waals surface area contributed by atoms with E-state index in [1.54, 1.807) is 0 Å². The highest BCUT2D eigenvalue weighted by Gasteiger charge is 2.32. The average molecular weight is 287 g/mol. The topological polar surface area (TPSA) is 77.2 Å². The summed E-state index contributed by atoms with van der Waals surface area (Å²) in [5.74, 6) is -2.40. The molecule has 0 amide bonds. The first kappa shape index (κ1) is 13.8. The number of carboxylic acid groups (broad SMARTS) is 1. The Morgan fingerprint density at radius 1 is 1.35 bits per heavy atom. The van der Waals surface area contributed by atoms with Crippen molar-refractivity contribution in [2.24, 2.45) is 7.05 Å². The van der Waals surface area contributed by atoms with Crippen molar-refractivity contribution >= 4 is 5.97 Å². The first-order valence-corrected chi connectivity index (χ1v) is 5.27. The molecule has 0 bridgehead atoms. The van der Waals surface area contributed by atoms with Crippen LogP contribution in [0.15, 0.2) is 24.3 Å². The average Bonchev–Trinajstić information content (AvgIpc) is 2.70. The van der Waals surface area contributed by atoms with Crippen molar-refractivity contribution in [2.75, 3.05) is 0 Å². The van der Waals surface area contributed by atoms with Gasteiger partial charge < -0.3 is 9.84 Å². The van der Waals surface area contributed by atoms with Gasteiger partial charge in [0.1, 0.15) is 5.75 Å². The van der Waals surface area contributed by atoms with Gasteiger partial charge in [-0.1, -0.05) is 12.1 Å². The molecule has 0 atom stereocenters. The van der Waals surface area contributed by atoms with E-state index in [1.807, 2.05) is 0 Å². The number of hydrogen-bond acceptors (Lipinski definition) is 4. The molecule has 2 aromatic rings. The van der Waals surface area contributed by atoms with Crippen LogP contribution in [0, 0.1) is 0 Å². The molecule has 0 spiro atoms. The van der Waals surface area contributed by atoms with Crippen LogP contribution in [0.25, 0.3) is 11.4 Å². The maximum atomic E-state index is 12.3. The second-order valence-electron chi connectivity index (χ2n) is 3.73. The smallest absolute Gasteiger partial charge is 0.475 e. The Kier molecular flexibility index (Phi) is 3.35. The lowest BCUT2D eigenvalue weighted by Crippen LogP contribution is -2.17. The number of nitrogens with zero attached hydrogens (tertiary/aromatic N) is 3. The summed E-state index contributed by atoms with van der Waals surface area (Å²) in [4.78, 5) is 14.4. The maximum Gasteiger partial charge on any atom is 0.573 e. The third-order valence-electron chi connectivity index (χ3n) is 2.31. The Labute approximate surface area is 110 Å². The van der Waals surface area contributed by atoms with E-state index < -0.39 is 23.9 Å². The zero-order valence-corrected chi connectivity index (χ0v) is 10.0. The summed E-state index contributed by atoms with van der Waals surface area (Å²) in [6.45, 7) is 0. The van der Waals surface area contributed by atoms with Gasteiger partial charge in [0, 0.05) is 7.05 Å². The van der Waals surface area contributed by atoms with Gasteiger partial charge in [-0.15, -0.1) is 18.3 Å². The van der Waals surface area contributed by atoms with Crippen LogP contribution in [0.3, 0.4) is 0 Å². The number of carbonyl (C=O) groups is 1. The molecule has 0 aliphatic rings. The minimum atomic E-state index is -4.86. The third kappa shape index (κ3) is 2.87. The van der Waals surface area contributed by atoms with Gasteiger partial charge in [0.25, 0.3) is 5.82 Å². The van der Waals surface area contributed by atoms with E-state index in [-0.39, 0.29) is 11.4 Å². The van der Waals surface area contributed by atoms with Crippen molar-refractivity contribution in [1.82, 2.24) is 14.8 Å². The van der Waals surface area contributed by atoms with Crippen LogP contribution in [-0.2, 0) is 7.05 Å². The fraction of sp³-hybridized carbons (Fsp3) is 0.182. The minimum Gasteiger partial charge on any atom is -0.475 e. The number of halogens is 3. The first-order valence-electron chi connectivity index (χ1n) is 5.27. The van der Waals surface area contributed by atoms with Crippen LogP contribution in [0.1, 0.15) is 10.6 Å². The number of benzene rings is 1. The lowest BCUT2D eigenvalue weighted by molar-refractivity contribution is -0.274. The van der Waals surface area contributed by atoms with Gasteiger partial charge in [-0.25, -0.2) is 14.5 Å². The molecule has 6 nitrogen and oxygen atoms in total. The number of aryl methyl sites for hydroxylation is 1. The summed E-state index contributed by atoms with van der Waals surface area (Å²) >= 11 is 0. The van der Waals surface area contributed by atoms with Gasteiger partial charge >= 0.3 is 12.3 Å². The molecule has 0 saturated heterocycles. The van der Waals surface area contributed by atoms with E-state index in [9.17, 15) is 18.0 Å². The summed E-state index contributed by atoms with van der Waals surface area (Å²) in [7, 11) is 1.37. The molecule has 9 heteroatoms. The highest BCUT2D eigenvalue weighted by Crippen LogP contribution is 2.32. The number of aromatic carboxylic acids is 1. The van der Waals surface area contributed by atoms with E-state index in [4.69, 9.17) is 5.11 Å². The van der Waals surface area contributed by atoms with Crippen molar-refractivity contribution in [3.63, 3.8) is 0 Å². The van der Waals surface area contributed by atoms with E-state index in [0.717, 1.165) is 10.7 Å². The fourth-order valence-electron chi connectivity index (χ4n) is 1.57. The van der Waals surface area contributed by atoms with Gasteiger partial charge in [-0.2, -0.15) is 0 Å². The predicted octanol–water partition coefficient (Wildman–Crippen LogP) is 2.08. The Hall–Kier alpha value is -2.58. The molecule has 0 aliphatic heterocycles. The third-order valence-corrected chi connectivity index (χ3v) is 2.31. The molecule has 0 fully saturated rings. The largest absolute Gasteiger partial charge is 0.573 e. The molecule has 106 valence electrons. The van der Waals surface area contributed by atoms with Gasteiger partial charge in [-0.05, 0) is 12.1 Å². The molecule has 1 heterocycles. The second kappa shape index (κ2) is 4.83. The zero-order chi connectivity index (χ0) is 14.9. The predicted molar refractivity (Wildman–Crippen MR) is 60.1 cm³/mol. The summed E-state index contributed by atoms with van der Waals surface area (Å²) in [6, 6.07) is 5.28. The molecule has 1 aromatic heterocycles. The fourth-order valence-corrected chi connectivity index (χ4v) is 1.57. The normalized spacial score (nSPS) is 11.4. The Balaban J connectivity index is 2.50. The number of ether oxygens (including phenoxy) is 1. The highest BCUT2D eigenvalue weighted by atomic mass is 19.4. The van der Waals surface area contributed by atoms with Crippen LogP contribution < -0.4 is 4.74 Å². The molecule has 1 N–H and O–H groups in total. The molecule has 0 aliphatic carbocycles. The number of aromatic nitrogens is 3. The number of hydrogen-bond donors (Lipinski definition) is 1. The molecule has 0 unspecified atom stereocenters. The number of para-hydroxylation sites is 1. The van der Waals surface area contributed by atoms with Crippen molar-refractivity contribution < 1.29 is 27.8 Å². The van der Waals surface area contributed by atoms with E-state index >= 15 is 0 Å². The SMILES string of the molecule is Cn1nc(C(=O)O)nc1-c1ccccc1OC(F)(F)F. The van der Waals surface area contributed by atoms with E-state index in [0.29, 0.717) is 0 Å². The number of rotatable bonds is 3. The number of carboxylic acids is 1. The lowest BCUT2D eigenvalue weighted by atomic mass is 10.2. The first-order chi connectivity index (χ1) is 9.28. The molecule has 1 aromatic carbocycles. The zero-order valence-electron chi connectivity index (χ0n) is 10.0. The Morgan fingerprint density at radius 2 is 2.00 bits per heavy atom. The molecular weight excluding hydrogens is 279 g/mol. The van der Waals surface area contributed by atoms with Crippen molar-refractivity contribution in [3.05, 3.63) is 30.1 Å². The quantitative estimate of drug-likeness (QED) is 0.935. The second-order valence-corrected chi connectivity index (χ2v) is 3.73. The van der Waals surface area contributed by atoms with Crippen molar-refractivity contribution in [2.45, 2.75) is 6.36 Å². The molecule has 20 heavy (non-hydrogen) atoms. The lowest BCUT2D eigenvalue weighted by Gasteiger charge is -2.12. The van der Waals surface area contributed by atoms with Crippen LogP contribution in [0.5, 0.6) is 5.75 Å². The van der Waals surface area contributed by atoms with Crippen LogP contribution in [-0.4, -0.2) is 32.2 Å². The summed E-state index contributed by atoms with van der Waals surface area (Å²) in [5.41, 5.74) is -0.00711. The van der Waals surface area contributed by atoms with Crippen LogP contribution >= 0.6 is 0 Å². The molecular formula is C11H8F3N3O3. The number of alkyl halides is 3. The Bertz CT molecular complexity index is 652. The van der Waals surface area contributed by atoms with Gasteiger partial charge in [0.15, 0.2) is 5.82 Å². The maximum absolute atomic E-state index is 12.3. The Morgan fingerprint density at radius 3 is 2.55 bits per heavy atom. The minimum absolute atomic E-state index is 0.00711. The van der Waals surface area contributed by atoms with Gasteiger partial charge in [-0.3, -0.25) is 0 Å². The molecule has 0 radical (unpaired) electrons. The van der Waals surface area contributed by atoms with Crippen molar-refractivity contribution in [1.29, 1.82) is 0 Å². The standard InChI is InChI=1S/C11H8F3N3O3/c1-17-9(15-8(16-17)10(18)19)6-4-2-3-5-7(6)20-11(12,13)14/h2-5H,1H3,(H,18,19). The van der Waals surface area contributed by atoms with E-state index in [2.05, 4.69) is 14.8 Å². The summed E-state index contributed by atoms with van der Waals surface area (Å²) in [6.07, 6.45) is -4.86. The monoisotopic (exact) mass is 287 g/mol. The summed E-state index contributed by atoms with van der Waals surface area (Å²) in [5, 5.41) is 12.4.